The molecule has 1 heterocycles. The van der Waals surface area contributed by atoms with Gasteiger partial charge in [-0.15, -0.1) is 0 Å². The minimum Gasteiger partial charge on any atom is -0.504 e. The Bertz CT molecular complexity index is 1830. The molecular formula is C40H45NO12. The summed E-state index contributed by atoms with van der Waals surface area (Å²) in [7, 11) is 1.62. The van der Waals surface area contributed by atoms with Crippen molar-refractivity contribution < 1.29 is 59.2 Å². The van der Waals surface area contributed by atoms with Gasteiger partial charge in [-0.05, 0) is 85.3 Å². The summed E-state index contributed by atoms with van der Waals surface area (Å²) in [6.07, 6.45) is 2.40. The van der Waals surface area contributed by atoms with Crippen LogP contribution in [0.2, 0.25) is 0 Å². The maximum Gasteiger partial charge on any atom is 0.336 e. The fourth-order valence-corrected chi connectivity index (χ4v) is 7.02. The van der Waals surface area contributed by atoms with E-state index >= 15 is 0 Å². The van der Waals surface area contributed by atoms with Crippen LogP contribution in [0.15, 0.2) is 78.9 Å². The number of carboxylic acid groups (broad SMARTS) is 1. The second kappa shape index (κ2) is 17.2. The number of hydrogen-bond acceptors (Lipinski definition) is 12. The van der Waals surface area contributed by atoms with E-state index in [0.29, 0.717) is 24.0 Å². The highest BCUT2D eigenvalue weighted by Gasteiger charge is 2.61. The van der Waals surface area contributed by atoms with Gasteiger partial charge in [0, 0.05) is 19.4 Å². The molecule has 282 valence electrons. The highest BCUT2D eigenvalue weighted by molar-refractivity contribution is 5.97. The van der Waals surface area contributed by atoms with Crippen molar-refractivity contribution in [1.82, 2.24) is 5.32 Å². The van der Waals surface area contributed by atoms with Gasteiger partial charge in [-0.1, -0.05) is 54.6 Å². The number of rotatable bonds is 14. The molecule has 0 spiro atoms. The van der Waals surface area contributed by atoms with Gasteiger partial charge in [-0.2, -0.15) is 0 Å². The minimum absolute atomic E-state index is 0.0423. The molecule has 2 aliphatic rings. The molecule has 13 nitrogen and oxygen atoms in total. The van der Waals surface area contributed by atoms with E-state index in [1.165, 1.54) is 54.6 Å². The lowest BCUT2D eigenvalue weighted by molar-refractivity contribution is -0.268. The Labute approximate surface area is 306 Å². The molecule has 53 heavy (non-hydrogen) atoms. The van der Waals surface area contributed by atoms with Crippen molar-refractivity contribution in [3.63, 3.8) is 0 Å². The predicted molar refractivity (Wildman–Crippen MR) is 193 cm³/mol. The Kier molecular flexibility index (Phi) is 12.7. The topological polar surface area (TPSA) is 212 Å². The van der Waals surface area contributed by atoms with Crippen LogP contribution in [0.25, 0.3) is 12.2 Å². The number of aliphatic hydroxyl groups excluding tert-OH is 1. The van der Waals surface area contributed by atoms with Crippen LogP contribution in [0.1, 0.15) is 42.4 Å². The molecule has 0 radical (unpaired) electrons. The molecule has 2 fully saturated rings. The summed E-state index contributed by atoms with van der Waals surface area (Å²) < 4.78 is 18.9. The molecule has 7 N–H and O–H groups in total. The van der Waals surface area contributed by atoms with Crippen LogP contribution in [0.3, 0.4) is 0 Å². The molecule has 3 aromatic rings. The van der Waals surface area contributed by atoms with Crippen molar-refractivity contribution >= 4 is 29.7 Å². The number of ether oxygens (including phenoxy) is 3. The van der Waals surface area contributed by atoms with Crippen molar-refractivity contribution in [3.05, 3.63) is 95.6 Å². The number of ketones is 2. The summed E-state index contributed by atoms with van der Waals surface area (Å²) in [5.74, 6) is -4.04. The molecule has 0 bridgehead atoms. The third-order valence-corrected chi connectivity index (χ3v) is 9.69. The van der Waals surface area contributed by atoms with E-state index in [1.807, 2.05) is 30.3 Å². The zero-order chi connectivity index (χ0) is 38.2. The van der Waals surface area contributed by atoms with Gasteiger partial charge in [0.05, 0.1) is 12.7 Å². The molecule has 6 atom stereocenters. The van der Waals surface area contributed by atoms with E-state index in [-0.39, 0.29) is 54.9 Å². The molecule has 6 unspecified atom stereocenters. The smallest absolute Gasteiger partial charge is 0.336 e. The Morgan fingerprint density at radius 1 is 0.906 bits per heavy atom. The molecule has 13 heteroatoms. The van der Waals surface area contributed by atoms with Gasteiger partial charge in [0.1, 0.15) is 24.4 Å². The van der Waals surface area contributed by atoms with Gasteiger partial charge in [0.2, 0.25) is 0 Å². The fourth-order valence-electron chi connectivity index (χ4n) is 7.02. The Balaban J connectivity index is 1.42. The molecule has 1 saturated carbocycles. The number of hydrogen-bond donors (Lipinski definition) is 7. The van der Waals surface area contributed by atoms with Crippen molar-refractivity contribution in [2.75, 3.05) is 26.8 Å². The third kappa shape index (κ3) is 9.69. The van der Waals surface area contributed by atoms with Crippen LogP contribution >= 0.6 is 0 Å². The molecule has 1 saturated heterocycles. The first kappa shape index (κ1) is 39.2. The number of aryl methyl sites for hydroxylation is 1. The van der Waals surface area contributed by atoms with Crippen LogP contribution in [-0.2, 0) is 35.0 Å². The predicted octanol–water partition coefficient (Wildman–Crippen LogP) is 3.75. The fraction of sp³-hybridized carbons (Fsp3) is 0.375. The number of carbonyl (C=O) groups excluding carboxylic acids is 2. The van der Waals surface area contributed by atoms with E-state index < -0.39 is 60.1 Å². The number of phenols is 4. The first-order valence-corrected chi connectivity index (χ1v) is 17.3. The van der Waals surface area contributed by atoms with Gasteiger partial charge < -0.3 is 50.2 Å². The van der Waals surface area contributed by atoms with E-state index in [9.17, 15) is 45.0 Å². The Morgan fingerprint density at radius 2 is 1.55 bits per heavy atom. The average Bonchev–Trinajstić information content (AvgIpc) is 3.12. The van der Waals surface area contributed by atoms with E-state index in [0.717, 1.165) is 11.6 Å². The first-order chi connectivity index (χ1) is 25.3. The monoisotopic (exact) mass is 731 g/mol. The van der Waals surface area contributed by atoms with Crippen molar-refractivity contribution in [2.24, 2.45) is 5.92 Å². The molecule has 3 aromatic carbocycles. The largest absolute Gasteiger partial charge is 0.504 e. The highest BCUT2D eigenvalue weighted by Crippen LogP contribution is 2.45. The standard InChI is InChI=1S/C40H45NO12/c1-41-24-40-23-39(38(49)50,52-22-29(42)13-9-26-10-14-30(43)33(46)17-26)20-35(48)37(40)51-21-28(8-7-25-5-3-2-4-6-25)19-36(53-40)32(45)16-12-27-11-15-31(44)34(47)18-27/h2-6,9-18,28,35-37,41,43-44,46-48H,7-8,19-24H2,1H3,(H,49,50). The number of carbonyl (C=O) groups is 3. The number of likely N-dealkylation sites (N-methyl/N-ethyl adjacent to an activating group) is 1. The quantitative estimate of drug-likeness (QED) is 0.0931. The van der Waals surface area contributed by atoms with Gasteiger partial charge in [-0.25, -0.2) is 4.79 Å². The van der Waals surface area contributed by atoms with Gasteiger partial charge in [0.25, 0.3) is 0 Å². The molecule has 0 aromatic heterocycles. The van der Waals surface area contributed by atoms with Gasteiger partial charge in [-0.3, -0.25) is 9.59 Å². The molecule has 5 rings (SSSR count). The van der Waals surface area contributed by atoms with E-state index in [1.54, 1.807) is 7.05 Å². The van der Waals surface area contributed by atoms with Gasteiger partial charge in [0.15, 0.2) is 40.2 Å². The SMILES string of the molecule is CNCC12CC(OCC(=O)C=Cc3ccc(O)c(O)c3)(C(=O)O)CC(O)C1OCC(CCc1ccccc1)CC(C(=O)C=Cc1ccc(O)c(O)c1)O2. The third-order valence-electron chi connectivity index (χ3n) is 9.69. The first-order valence-electron chi connectivity index (χ1n) is 17.3. The van der Waals surface area contributed by atoms with Crippen LogP contribution < -0.4 is 5.32 Å². The number of aliphatic carboxylic acids is 1. The number of carboxylic acids is 1. The number of nitrogens with one attached hydrogen (secondary N) is 1. The molecule has 1 aliphatic carbocycles. The summed E-state index contributed by atoms with van der Waals surface area (Å²) in [5, 5.41) is 64.2. The summed E-state index contributed by atoms with van der Waals surface area (Å²) in [6, 6.07) is 17.9. The van der Waals surface area contributed by atoms with Crippen molar-refractivity contribution in [1.29, 1.82) is 0 Å². The number of phenolic OH excluding ortho intramolecular Hbond substituents is 4. The highest BCUT2D eigenvalue weighted by atomic mass is 16.6. The lowest BCUT2D eigenvalue weighted by Gasteiger charge is -2.53. The molecule has 1 aliphatic heterocycles. The van der Waals surface area contributed by atoms with Crippen molar-refractivity contribution in [2.45, 2.75) is 61.6 Å². The number of aromatic hydroxyl groups is 4. The average molecular weight is 732 g/mol. The minimum atomic E-state index is -2.12. The van der Waals surface area contributed by atoms with Crippen LogP contribution in [-0.4, -0.2) is 104 Å². The van der Waals surface area contributed by atoms with E-state index in [4.69, 9.17) is 14.2 Å². The second-order valence-corrected chi connectivity index (χ2v) is 13.6. The number of aliphatic hydroxyl groups is 1. The number of fused-ring (bicyclic) bond motifs is 1. The Hall–Kier alpha value is -5.05. The molecule has 0 amide bonds. The summed E-state index contributed by atoms with van der Waals surface area (Å²) in [6.45, 7) is -0.564. The summed E-state index contributed by atoms with van der Waals surface area (Å²) >= 11 is 0. The number of benzene rings is 3. The summed E-state index contributed by atoms with van der Waals surface area (Å²) in [5.41, 5.74) is -1.78. The van der Waals surface area contributed by atoms with Crippen LogP contribution in [0, 0.1) is 5.92 Å². The Morgan fingerprint density at radius 3 is 2.15 bits per heavy atom. The van der Waals surface area contributed by atoms with Gasteiger partial charge >= 0.3 is 5.97 Å². The van der Waals surface area contributed by atoms with Crippen molar-refractivity contribution in [3.8, 4) is 23.0 Å². The van der Waals surface area contributed by atoms with E-state index in [2.05, 4.69) is 5.32 Å². The lowest BCUT2D eigenvalue weighted by Crippen LogP contribution is -2.69. The van der Waals surface area contributed by atoms with Crippen LogP contribution in [0.5, 0.6) is 23.0 Å². The molecular weight excluding hydrogens is 686 g/mol. The zero-order valence-corrected chi connectivity index (χ0v) is 29.3. The zero-order valence-electron chi connectivity index (χ0n) is 29.3. The lowest BCUT2D eigenvalue weighted by atomic mass is 9.70. The maximum atomic E-state index is 14.0. The van der Waals surface area contributed by atoms with Crippen LogP contribution in [0.4, 0.5) is 0 Å². The maximum absolute atomic E-state index is 14.0. The normalized spacial score (nSPS) is 26.2. The summed E-state index contributed by atoms with van der Waals surface area (Å²) in [4.78, 5) is 39.9. The second-order valence-electron chi connectivity index (χ2n) is 13.6.